The number of benzene rings is 2. The molecule has 1 fully saturated rings. The van der Waals surface area contributed by atoms with Crippen LogP contribution < -0.4 is 31.0 Å². The van der Waals surface area contributed by atoms with Gasteiger partial charge in [-0.1, -0.05) is 31.0 Å². The second kappa shape index (κ2) is 12.7. The molecule has 1 aliphatic rings. The minimum atomic E-state index is -1.17. The number of anilines is 1. The molecule has 12 heteroatoms. The van der Waals surface area contributed by atoms with Gasteiger partial charge in [-0.3, -0.25) is 14.4 Å². The van der Waals surface area contributed by atoms with E-state index in [2.05, 4.69) is 9.69 Å². The zero-order chi connectivity index (χ0) is 28.8. The molecule has 4 rings (SSSR count). The maximum absolute atomic E-state index is 14.3. The lowest BCUT2D eigenvalue weighted by Gasteiger charge is -2.33. The van der Waals surface area contributed by atoms with Crippen molar-refractivity contribution in [2.75, 3.05) is 27.1 Å². The van der Waals surface area contributed by atoms with E-state index in [-0.39, 0.29) is 34.8 Å². The summed E-state index contributed by atoms with van der Waals surface area (Å²) in [7, 11) is 4.53. The molecule has 1 saturated carbocycles. The van der Waals surface area contributed by atoms with Crippen LogP contribution in [0.1, 0.15) is 63.0 Å². The summed E-state index contributed by atoms with van der Waals surface area (Å²) >= 11 is 0.750. The van der Waals surface area contributed by atoms with Crippen molar-refractivity contribution in [3.8, 4) is 17.2 Å². The molecule has 0 aliphatic heterocycles. The van der Waals surface area contributed by atoms with E-state index in [0.29, 0.717) is 28.4 Å². The van der Waals surface area contributed by atoms with Gasteiger partial charge in [0.2, 0.25) is 5.91 Å². The minimum Gasteiger partial charge on any atom is -0.497 e. The fourth-order valence-electron chi connectivity index (χ4n) is 4.91. The molecule has 3 aromatic rings. The monoisotopic (exact) mass is 567 g/mol. The van der Waals surface area contributed by atoms with E-state index in [0.717, 1.165) is 37.2 Å². The molecule has 212 valence electrons. The third-order valence-electron chi connectivity index (χ3n) is 6.94. The van der Waals surface area contributed by atoms with Crippen LogP contribution in [0.25, 0.3) is 0 Å². The largest absolute Gasteiger partial charge is 0.497 e. The fourth-order valence-corrected chi connectivity index (χ4v) is 5.67. The average Bonchev–Trinajstić information content (AvgIpc) is 3.61. The average molecular weight is 568 g/mol. The predicted octanol–water partition coefficient (Wildman–Crippen LogP) is 3.29. The summed E-state index contributed by atoms with van der Waals surface area (Å²) in [5.74, 6) is -0.449. The molecule has 11 nitrogen and oxygen atoms in total. The Morgan fingerprint density at radius 1 is 1.05 bits per heavy atom. The van der Waals surface area contributed by atoms with Gasteiger partial charge in [-0.2, -0.15) is 4.37 Å². The lowest BCUT2D eigenvalue weighted by molar-refractivity contribution is -0.126. The Morgan fingerprint density at radius 2 is 1.75 bits per heavy atom. The normalized spacial score (nSPS) is 13.9. The highest BCUT2D eigenvalue weighted by Crippen LogP contribution is 2.37. The number of nitrogens with one attached hydrogen (secondary N) is 1. The Kier molecular flexibility index (Phi) is 9.10. The highest BCUT2D eigenvalue weighted by molar-refractivity contribution is 7.09. The quantitative estimate of drug-likeness (QED) is 0.318. The van der Waals surface area contributed by atoms with Crippen LogP contribution in [0, 0.1) is 0 Å². The number of primary amides is 1. The molecular formula is C28H33N5O6S. The topological polar surface area (TPSA) is 159 Å². The number of methoxy groups -OCH3 is 3. The smallest absolute Gasteiger partial charge is 0.270 e. The highest BCUT2D eigenvalue weighted by Gasteiger charge is 2.38. The Hall–Kier alpha value is -4.32. The van der Waals surface area contributed by atoms with E-state index in [1.807, 2.05) is 12.1 Å². The van der Waals surface area contributed by atoms with Crippen LogP contribution >= 0.6 is 11.5 Å². The Balaban J connectivity index is 1.90. The van der Waals surface area contributed by atoms with Crippen molar-refractivity contribution in [2.24, 2.45) is 5.73 Å². The molecule has 0 bridgehead atoms. The van der Waals surface area contributed by atoms with E-state index in [1.165, 1.54) is 26.2 Å². The van der Waals surface area contributed by atoms with E-state index in [4.69, 9.17) is 25.7 Å². The number of hydrogen-bond acceptors (Lipinski definition) is 9. The molecule has 0 saturated heterocycles. The van der Waals surface area contributed by atoms with Gasteiger partial charge in [-0.05, 0) is 48.6 Å². The molecule has 1 unspecified atom stereocenters. The Morgan fingerprint density at radius 3 is 2.38 bits per heavy atom. The van der Waals surface area contributed by atoms with Crippen molar-refractivity contribution in [3.05, 3.63) is 64.2 Å². The first-order chi connectivity index (χ1) is 19.3. The summed E-state index contributed by atoms with van der Waals surface area (Å²) in [6.45, 7) is -0.0325. The highest BCUT2D eigenvalue weighted by atomic mass is 32.1. The predicted molar refractivity (Wildman–Crippen MR) is 151 cm³/mol. The zero-order valence-electron chi connectivity index (χ0n) is 22.6. The SMILES string of the molecule is COc1ccc(OC)c(C(C(=O)NC2CCCC2)N(Cc2ccccc2OC)C(=O)c2snc(C(N)=O)c2N)c1. The standard InChI is InChI=1S/C28H33N5O6S/c1-37-18-12-13-21(39-3)19(14-18)24(27(35)31-17-9-5-6-10-17)33(15-16-8-4-7-11-20(16)38-2)28(36)25-22(29)23(26(30)34)32-40-25/h4,7-8,11-14,17,24H,5-6,9-10,15,29H2,1-3H3,(H2,30,34)(H,31,35). The van der Waals surface area contributed by atoms with Crippen molar-refractivity contribution in [2.45, 2.75) is 44.3 Å². The van der Waals surface area contributed by atoms with Crippen LogP contribution in [-0.4, -0.2) is 54.4 Å². The van der Waals surface area contributed by atoms with Gasteiger partial charge < -0.3 is 35.9 Å². The minimum absolute atomic E-state index is 0.00997. The Labute approximate surface area is 236 Å². The summed E-state index contributed by atoms with van der Waals surface area (Å²) in [4.78, 5) is 41.7. The third kappa shape index (κ3) is 5.96. The molecule has 5 N–H and O–H groups in total. The lowest BCUT2D eigenvalue weighted by atomic mass is 10.00. The van der Waals surface area contributed by atoms with Gasteiger partial charge in [-0.25, -0.2) is 0 Å². The summed E-state index contributed by atoms with van der Waals surface area (Å²) < 4.78 is 20.7. The first-order valence-electron chi connectivity index (χ1n) is 12.8. The van der Waals surface area contributed by atoms with Gasteiger partial charge in [0.25, 0.3) is 11.8 Å². The maximum Gasteiger partial charge on any atom is 0.270 e. The summed E-state index contributed by atoms with van der Waals surface area (Å²) in [5.41, 5.74) is 12.3. The lowest BCUT2D eigenvalue weighted by Crippen LogP contribution is -2.46. The van der Waals surface area contributed by atoms with E-state index in [1.54, 1.807) is 30.3 Å². The molecular weight excluding hydrogens is 534 g/mol. The first-order valence-corrected chi connectivity index (χ1v) is 13.6. The number of carbonyl (C=O) groups excluding carboxylic acids is 3. The number of ether oxygens (including phenoxy) is 3. The molecule has 1 aromatic heterocycles. The third-order valence-corrected chi connectivity index (χ3v) is 7.79. The molecule has 40 heavy (non-hydrogen) atoms. The molecule has 0 radical (unpaired) electrons. The second-order valence-corrected chi connectivity index (χ2v) is 10.2. The zero-order valence-corrected chi connectivity index (χ0v) is 23.5. The van der Waals surface area contributed by atoms with Crippen molar-refractivity contribution in [3.63, 3.8) is 0 Å². The first kappa shape index (κ1) is 28.7. The number of carbonyl (C=O) groups is 3. The molecule has 3 amide bonds. The number of hydrogen-bond donors (Lipinski definition) is 3. The maximum atomic E-state index is 14.3. The van der Waals surface area contributed by atoms with Gasteiger partial charge in [-0.15, -0.1) is 0 Å². The van der Waals surface area contributed by atoms with Gasteiger partial charge in [0.05, 0.1) is 33.6 Å². The number of rotatable bonds is 11. The number of nitrogens with two attached hydrogens (primary N) is 2. The number of para-hydroxylation sites is 1. The van der Waals surface area contributed by atoms with Crippen LogP contribution in [-0.2, 0) is 11.3 Å². The van der Waals surface area contributed by atoms with Crippen molar-refractivity contribution < 1.29 is 28.6 Å². The number of nitrogens with zero attached hydrogens (tertiary/aromatic N) is 2. The van der Waals surface area contributed by atoms with E-state index < -0.39 is 17.9 Å². The van der Waals surface area contributed by atoms with Crippen LogP contribution in [0.15, 0.2) is 42.5 Å². The van der Waals surface area contributed by atoms with E-state index >= 15 is 0 Å². The molecule has 1 atom stereocenters. The van der Waals surface area contributed by atoms with E-state index in [9.17, 15) is 14.4 Å². The number of aromatic nitrogens is 1. The van der Waals surface area contributed by atoms with Crippen LogP contribution in [0.4, 0.5) is 5.69 Å². The van der Waals surface area contributed by atoms with Crippen molar-refractivity contribution >= 4 is 34.9 Å². The fraction of sp³-hybridized carbons (Fsp3) is 0.357. The second-order valence-electron chi connectivity index (χ2n) is 9.38. The van der Waals surface area contributed by atoms with Crippen molar-refractivity contribution in [1.82, 2.24) is 14.6 Å². The van der Waals surface area contributed by atoms with Crippen LogP contribution in [0.5, 0.6) is 17.2 Å². The number of nitrogen functional groups attached to an aromatic ring is 1. The van der Waals surface area contributed by atoms with Gasteiger partial charge in [0.1, 0.15) is 28.2 Å². The van der Waals surface area contributed by atoms with Gasteiger partial charge in [0.15, 0.2) is 5.69 Å². The van der Waals surface area contributed by atoms with Gasteiger partial charge >= 0.3 is 0 Å². The Bertz CT molecular complexity index is 1390. The van der Waals surface area contributed by atoms with Crippen LogP contribution in [0.2, 0.25) is 0 Å². The molecule has 2 aromatic carbocycles. The molecule has 0 spiro atoms. The van der Waals surface area contributed by atoms with Crippen molar-refractivity contribution in [1.29, 1.82) is 0 Å². The summed E-state index contributed by atoms with van der Waals surface area (Å²) in [6, 6.07) is 11.1. The summed E-state index contributed by atoms with van der Waals surface area (Å²) in [6.07, 6.45) is 3.71. The number of amides is 3. The van der Waals surface area contributed by atoms with Gasteiger partial charge in [0, 0.05) is 17.2 Å². The molecule has 1 aliphatic carbocycles. The summed E-state index contributed by atoms with van der Waals surface area (Å²) in [5, 5.41) is 3.13. The molecule has 1 heterocycles. The van der Waals surface area contributed by atoms with Crippen LogP contribution in [0.3, 0.4) is 0 Å².